The van der Waals surface area contributed by atoms with E-state index in [9.17, 15) is 9.18 Å². The van der Waals surface area contributed by atoms with Gasteiger partial charge in [-0.2, -0.15) is 0 Å². The van der Waals surface area contributed by atoms with Crippen molar-refractivity contribution in [1.29, 1.82) is 0 Å². The molecule has 2 rings (SSSR count). The summed E-state index contributed by atoms with van der Waals surface area (Å²) in [6.45, 7) is 0. The van der Waals surface area contributed by atoms with Crippen molar-refractivity contribution in [3.63, 3.8) is 0 Å². The van der Waals surface area contributed by atoms with Crippen LogP contribution in [0.1, 0.15) is 40.4 Å². The van der Waals surface area contributed by atoms with Crippen LogP contribution >= 0.6 is 0 Å². The molecule has 86 valence electrons. The van der Waals surface area contributed by atoms with Crippen molar-refractivity contribution in [2.75, 3.05) is 7.11 Å². The van der Waals surface area contributed by atoms with E-state index in [2.05, 4.69) is 4.74 Å². The maximum atomic E-state index is 13.7. The number of hydrogen-bond acceptors (Lipinski definition) is 3. The summed E-state index contributed by atoms with van der Waals surface area (Å²) in [6.07, 6.45) is 2.41. The highest BCUT2D eigenvalue weighted by atomic mass is 19.1. The van der Waals surface area contributed by atoms with Gasteiger partial charge in [0.05, 0.1) is 12.7 Å². The largest absolute Gasteiger partial charge is 0.465 e. The average Bonchev–Trinajstić information content (AvgIpc) is 2.29. The lowest BCUT2D eigenvalue weighted by Crippen LogP contribution is -2.19. The molecule has 0 fully saturated rings. The van der Waals surface area contributed by atoms with Crippen LogP contribution in [0.5, 0.6) is 0 Å². The molecule has 1 aromatic rings. The average molecular weight is 223 g/mol. The highest BCUT2D eigenvalue weighted by Crippen LogP contribution is 2.30. The Hall–Kier alpha value is -1.42. The number of nitrogens with two attached hydrogens (primary N) is 1. The van der Waals surface area contributed by atoms with E-state index in [0.717, 1.165) is 18.4 Å². The molecule has 0 unspecified atom stereocenters. The Kier molecular flexibility index (Phi) is 2.92. The van der Waals surface area contributed by atoms with Crippen molar-refractivity contribution in [2.45, 2.75) is 25.3 Å². The zero-order valence-electron chi connectivity index (χ0n) is 9.13. The highest BCUT2D eigenvalue weighted by molar-refractivity contribution is 5.89. The summed E-state index contributed by atoms with van der Waals surface area (Å²) in [5.41, 5.74) is 7.53. The molecule has 0 bridgehead atoms. The molecule has 0 radical (unpaired) electrons. The number of methoxy groups -OCH3 is 1. The maximum absolute atomic E-state index is 13.7. The first kappa shape index (κ1) is 11.1. The van der Waals surface area contributed by atoms with E-state index in [1.165, 1.54) is 13.2 Å². The minimum Gasteiger partial charge on any atom is -0.465 e. The second-order valence-electron chi connectivity index (χ2n) is 4.02. The molecule has 0 aliphatic heterocycles. The van der Waals surface area contributed by atoms with Gasteiger partial charge < -0.3 is 10.5 Å². The standard InChI is InChI=1S/C12H14FNO2/c1-16-12(15)7-5-9-8(10(13)6-7)3-2-4-11(9)14/h5-6,11H,2-4,14H2,1H3/t11-/m0/s1. The van der Waals surface area contributed by atoms with E-state index in [4.69, 9.17) is 5.73 Å². The van der Waals surface area contributed by atoms with E-state index in [-0.39, 0.29) is 17.4 Å². The normalized spacial score (nSPS) is 19.1. The second kappa shape index (κ2) is 4.22. The molecular weight excluding hydrogens is 209 g/mol. The fourth-order valence-corrected chi connectivity index (χ4v) is 2.14. The van der Waals surface area contributed by atoms with Crippen LogP contribution in [0.25, 0.3) is 0 Å². The fraction of sp³-hybridized carbons (Fsp3) is 0.417. The Bertz CT molecular complexity index is 431. The molecule has 0 saturated carbocycles. The predicted octanol–water partition coefficient (Wildman–Crippen LogP) is 1.95. The molecule has 3 nitrogen and oxygen atoms in total. The number of esters is 1. The van der Waals surface area contributed by atoms with Crippen molar-refractivity contribution < 1.29 is 13.9 Å². The third kappa shape index (κ3) is 1.80. The summed E-state index contributed by atoms with van der Waals surface area (Å²) in [7, 11) is 1.28. The van der Waals surface area contributed by atoms with Gasteiger partial charge in [-0.15, -0.1) is 0 Å². The van der Waals surface area contributed by atoms with E-state index >= 15 is 0 Å². The summed E-state index contributed by atoms with van der Waals surface area (Å²) in [5, 5.41) is 0. The molecule has 2 N–H and O–H groups in total. The molecule has 4 heteroatoms. The smallest absolute Gasteiger partial charge is 0.337 e. The van der Waals surface area contributed by atoms with Crippen LogP contribution in [0.4, 0.5) is 4.39 Å². The van der Waals surface area contributed by atoms with Crippen LogP contribution in [-0.2, 0) is 11.2 Å². The van der Waals surface area contributed by atoms with Gasteiger partial charge in [0.1, 0.15) is 5.82 Å². The third-order valence-electron chi connectivity index (χ3n) is 2.99. The van der Waals surface area contributed by atoms with Gasteiger partial charge in [0.2, 0.25) is 0 Å². The quantitative estimate of drug-likeness (QED) is 0.740. The van der Waals surface area contributed by atoms with Crippen LogP contribution < -0.4 is 5.73 Å². The topological polar surface area (TPSA) is 52.3 Å². The molecular formula is C12H14FNO2. The van der Waals surface area contributed by atoms with E-state index in [0.29, 0.717) is 12.0 Å². The van der Waals surface area contributed by atoms with Crippen LogP contribution in [0.3, 0.4) is 0 Å². The number of benzene rings is 1. The minimum atomic E-state index is -0.528. The highest BCUT2D eigenvalue weighted by Gasteiger charge is 2.22. The third-order valence-corrected chi connectivity index (χ3v) is 2.99. The van der Waals surface area contributed by atoms with Crippen LogP contribution in [0, 0.1) is 5.82 Å². The number of halogens is 1. The molecule has 0 amide bonds. The lowest BCUT2D eigenvalue weighted by atomic mass is 9.86. The van der Waals surface area contributed by atoms with Crippen LogP contribution in [0.15, 0.2) is 12.1 Å². The first-order chi connectivity index (χ1) is 7.63. The van der Waals surface area contributed by atoms with Gasteiger partial charge in [0.15, 0.2) is 0 Å². The van der Waals surface area contributed by atoms with Gasteiger partial charge in [-0.1, -0.05) is 0 Å². The zero-order valence-corrected chi connectivity index (χ0v) is 9.13. The van der Waals surface area contributed by atoms with Crippen molar-refractivity contribution in [2.24, 2.45) is 5.73 Å². The molecule has 0 spiro atoms. The first-order valence-electron chi connectivity index (χ1n) is 5.29. The molecule has 0 saturated heterocycles. The van der Waals surface area contributed by atoms with Crippen molar-refractivity contribution in [3.05, 3.63) is 34.6 Å². The molecule has 16 heavy (non-hydrogen) atoms. The molecule has 1 atom stereocenters. The monoisotopic (exact) mass is 223 g/mol. The lowest BCUT2D eigenvalue weighted by Gasteiger charge is -2.23. The van der Waals surface area contributed by atoms with Gasteiger partial charge >= 0.3 is 5.97 Å². The Morgan fingerprint density at radius 3 is 3.00 bits per heavy atom. The molecule has 1 aromatic carbocycles. The van der Waals surface area contributed by atoms with Crippen molar-refractivity contribution in [1.82, 2.24) is 0 Å². The zero-order chi connectivity index (χ0) is 11.7. The Morgan fingerprint density at radius 2 is 2.31 bits per heavy atom. The number of fused-ring (bicyclic) bond motifs is 1. The summed E-state index contributed by atoms with van der Waals surface area (Å²) < 4.78 is 18.3. The molecule has 1 aliphatic carbocycles. The Morgan fingerprint density at radius 1 is 1.56 bits per heavy atom. The molecule has 0 aromatic heterocycles. The lowest BCUT2D eigenvalue weighted by molar-refractivity contribution is 0.0600. The number of carbonyl (C=O) groups excluding carboxylic acids is 1. The number of rotatable bonds is 1. The van der Waals surface area contributed by atoms with Crippen LogP contribution in [0.2, 0.25) is 0 Å². The van der Waals surface area contributed by atoms with Crippen LogP contribution in [-0.4, -0.2) is 13.1 Å². The molecule has 0 heterocycles. The van der Waals surface area contributed by atoms with Gasteiger partial charge in [-0.25, -0.2) is 9.18 Å². The van der Waals surface area contributed by atoms with E-state index in [1.807, 2.05) is 0 Å². The fourth-order valence-electron chi connectivity index (χ4n) is 2.14. The van der Waals surface area contributed by atoms with Gasteiger partial charge in [-0.3, -0.25) is 0 Å². The van der Waals surface area contributed by atoms with Gasteiger partial charge in [0.25, 0.3) is 0 Å². The summed E-state index contributed by atoms with van der Waals surface area (Å²) >= 11 is 0. The SMILES string of the molecule is COC(=O)c1cc(F)c2c(c1)[C@@H](N)CCC2. The minimum absolute atomic E-state index is 0.178. The van der Waals surface area contributed by atoms with Gasteiger partial charge in [-0.05, 0) is 42.5 Å². The van der Waals surface area contributed by atoms with E-state index in [1.54, 1.807) is 6.07 Å². The molecule has 1 aliphatic rings. The predicted molar refractivity (Wildman–Crippen MR) is 57.6 cm³/mol. The maximum Gasteiger partial charge on any atom is 0.337 e. The number of hydrogen-bond donors (Lipinski definition) is 1. The van der Waals surface area contributed by atoms with Crippen molar-refractivity contribution in [3.8, 4) is 0 Å². The Balaban J connectivity index is 2.50. The van der Waals surface area contributed by atoms with Gasteiger partial charge in [0, 0.05) is 6.04 Å². The first-order valence-corrected chi connectivity index (χ1v) is 5.29. The number of carbonyl (C=O) groups is 1. The second-order valence-corrected chi connectivity index (χ2v) is 4.02. The summed E-state index contributed by atoms with van der Waals surface area (Å²) in [5.74, 6) is -0.882. The summed E-state index contributed by atoms with van der Waals surface area (Å²) in [4.78, 5) is 11.3. The van der Waals surface area contributed by atoms with E-state index < -0.39 is 5.97 Å². The summed E-state index contributed by atoms with van der Waals surface area (Å²) in [6, 6.07) is 2.69. The van der Waals surface area contributed by atoms with Crippen molar-refractivity contribution >= 4 is 5.97 Å². The Labute approximate surface area is 93.4 Å². The number of ether oxygens (including phenoxy) is 1.